The summed E-state index contributed by atoms with van der Waals surface area (Å²) in [6, 6.07) is 5.74. The number of fused-ring (bicyclic) bond motifs is 1. The summed E-state index contributed by atoms with van der Waals surface area (Å²) in [7, 11) is 0. The monoisotopic (exact) mass is 209 g/mol. The summed E-state index contributed by atoms with van der Waals surface area (Å²) in [5.41, 5.74) is 6.37. The Morgan fingerprint density at radius 3 is 3.00 bits per heavy atom. The Balaban J connectivity index is 2.36. The number of rotatable bonds is 3. The highest BCUT2D eigenvalue weighted by Gasteiger charge is 2.02. The smallest absolute Gasteiger partial charge is 0.0938 e. The van der Waals surface area contributed by atoms with Gasteiger partial charge in [0, 0.05) is 18.1 Å². The summed E-state index contributed by atoms with van der Waals surface area (Å²) in [6.07, 6.45) is 2.90. The number of halogens is 1. The molecule has 0 aliphatic carbocycles. The maximum Gasteiger partial charge on any atom is 0.0938 e. The van der Waals surface area contributed by atoms with Crippen molar-refractivity contribution in [2.24, 2.45) is 5.73 Å². The van der Waals surface area contributed by atoms with Crippen LogP contribution >= 0.6 is 11.6 Å². The number of aryl methyl sites for hydroxylation is 1. The molecule has 4 heteroatoms. The largest absolute Gasteiger partial charge is 0.330 e. The normalized spacial score (nSPS) is 11.0. The van der Waals surface area contributed by atoms with E-state index in [1.165, 1.54) is 0 Å². The van der Waals surface area contributed by atoms with Gasteiger partial charge in [0.25, 0.3) is 0 Å². The van der Waals surface area contributed by atoms with Crippen LogP contribution < -0.4 is 5.73 Å². The molecule has 0 saturated carbocycles. The summed E-state index contributed by atoms with van der Waals surface area (Å²) in [5, 5.41) is 6.14. The minimum atomic E-state index is 0.684. The summed E-state index contributed by atoms with van der Waals surface area (Å²) < 4.78 is 1.89. The molecule has 1 aromatic heterocycles. The second-order valence-corrected chi connectivity index (χ2v) is 3.61. The average molecular weight is 210 g/mol. The Labute approximate surface area is 87.5 Å². The van der Waals surface area contributed by atoms with Crippen LogP contribution in [0.5, 0.6) is 0 Å². The fourth-order valence-corrected chi connectivity index (χ4v) is 1.64. The van der Waals surface area contributed by atoms with E-state index in [0.717, 1.165) is 28.9 Å². The van der Waals surface area contributed by atoms with Gasteiger partial charge in [0.15, 0.2) is 0 Å². The van der Waals surface area contributed by atoms with Crippen LogP contribution in [0.15, 0.2) is 24.4 Å². The van der Waals surface area contributed by atoms with Gasteiger partial charge in [-0.05, 0) is 25.1 Å². The van der Waals surface area contributed by atoms with Gasteiger partial charge in [-0.3, -0.25) is 4.68 Å². The van der Waals surface area contributed by atoms with Gasteiger partial charge in [-0.2, -0.15) is 5.10 Å². The van der Waals surface area contributed by atoms with Gasteiger partial charge >= 0.3 is 0 Å². The molecule has 0 fully saturated rings. The summed E-state index contributed by atoms with van der Waals surface area (Å²) in [5.74, 6) is 0. The molecule has 1 aromatic carbocycles. The molecular formula is C10H12ClN3. The molecule has 3 nitrogen and oxygen atoms in total. The number of hydrogen-bond acceptors (Lipinski definition) is 2. The fraction of sp³-hybridized carbons (Fsp3) is 0.300. The van der Waals surface area contributed by atoms with E-state index in [1.54, 1.807) is 0 Å². The lowest BCUT2D eigenvalue weighted by Gasteiger charge is -1.96. The summed E-state index contributed by atoms with van der Waals surface area (Å²) in [4.78, 5) is 0. The molecule has 2 rings (SSSR count). The van der Waals surface area contributed by atoms with Crippen molar-refractivity contribution in [1.82, 2.24) is 9.78 Å². The standard InChI is InChI=1S/C10H12ClN3/c11-9-3-1-4-10-8(9)7-14(13-10)6-2-5-12/h1,3-4,7H,2,5-6,12H2. The Hall–Kier alpha value is -1.06. The van der Waals surface area contributed by atoms with Crippen molar-refractivity contribution in [3.05, 3.63) is 29.4 Å². The third-order valence-corrected chi connectivity index (χ3v) is 2.47. The van der Waals surface area contributed by atoms with Crippen LogP contribution in [0, 0.1) is 0 Å². The highest BCUT2D eigenvalue weighted by molar-refractivity contribution is 6.35. The van der Waals surface area contributed by atoms with Crippen molar-refractivity contribution >= 4 is 22.5 Å². The van der Waals surface area contributed by atoms with E-state index >= 15 is 0 Å². The summed E-state index contributed by atoms with van der Waals surface area (Å²) in [6.45, 7) is 1.53. The van der Waals surface area contributed by atoms with Crippen molar-refractivity contribution in [3.63, 3.8) is 0 Å². The van der Waals surface area contributed by atoms with Crippen LogP contribution in [0.4, 0.5) is 0 Å². The molecule has 2 N–H and O–H groups in total. The number of hydrogen-bond donors (Lipinski definition) is 1. The van der Waals surface area contributed by atoms with E-state index in [2.05, 4.69) is 5.10 Å². The van der Waals surface area contributed by atoms with Crippen LogP contribution in [0.3, 0.4) is 0 Å². The van der Waals surface area contributed by atoms with Gasteiger partial charge < -0.3 is 5.73 Å². The van der Waals surface area contributed by atoms with E-state index in [4.69, 9.17) is 17.3 Å². The molecule has 14 heavy (non-hydrogen) atoms. The lowest BCUT2D eigenvalue weighted by molar-refractivity contribution is 0.590. The van der Waals surface area contributed by atoms with Gasteiger partial charge in [-0.25, -0.2) is 0 Å². The molecule has 2 aromatic rings. The first kappa shape index (κ1) is 9.49. The number of nitrogens with two attached hydrogens (primary N) is 1. The van der Waals surface area contributed by atoms with Crippen molar-refractivity contribution in [1.29, 1.82) is 0 Å². The molecule has 0 bridgehead atoms. The second kappa shape index (κ2) is 3.98. The van der Waals surface area contributed by atoms with E-state index in [9.17, 15) is 0 Å². The maximum absolute atomic E-state index is 6.03. The molecule has 0 spiro atoms. The van der Waals surface area contributed by atoms with Gasteiger partial charge in [-0.1, -0.05) is 17.7 Å². The number of aromatic nitrogens is 2. The predicted octanol–water partition coefficient (Wildman–Crippen LogP) is 2.04. The second-order valence-electron chi connectivity index (χ2n) is 3.21. The zero-order valence-corrected chi connectivity index (χ0v) is 8.54. The molecule has 0 amide bonds. The molecule has 1 heterocycles. The van der Waals surface area contributed by atoms with E-state index < -0.39 is 0 Å². The van der Waals surface area contributed by atoms with Gasteiger partial charge in [0.1, 0.15) is 0 Å². The fourth-order valence-electron chi connectivity index (χ4n) is 1.42. The lowest BCUT2D eigenvalue weighted by Crippen LogP contribution is -2.05. The third kappa shape index (κ3) is 1.74. The molecule has 0 aliphatic rings. The number of nitrogens with zero attached hydrogens (tertiary/aromatic N) is 2. The Morgan fingerprint density at radius 1 is 1.43 bits per heavy atom. The quantitative estimate of drug-likeness (QED) is 0.841. The van der Waals surface area contributed by atoms with E-state index in [1.807, 2.05) is 29.1 Å². The van der Waals surface area contributed by atoms with E-state index in [-0.39, 0.29) is 0 Å². The first-order valence-electron chi connectivity index (χ1n) is 4.63. The van der Waals surface area contributed by atoms with Crippen LogP contribution in [0.25, 0.3) is 10.9 Å². The van der Waals surface area contributed by atoms with Crippen molar-refractivity contribution < 1.29 is 0 Å². The summed E-state index contributed by atoms with van der Waals surface area (Å²) >= 11 is 6.03. The Kier molecular flexibility index (Phi) is 2.70. The van der Waals surface area contributed by atoms with Crippen molar-refractivity contribution in [2.75, 3.05) is 6.54 Å². The average Bonchev–Trinajstić information content (AvgIpc) is 2.59. The molecule has 0 atom stereocenters. The minimum Gasteiger partial charge on any atom is -0.330 e. The number of benzene rings is 1. The highest BCUT2D eigenvalue weighted by atomic mass is 35.5. The third-order valence-electron chi connectivity index (χ3n) is 2.14. The predicted molar refractivity (Wildman–Crippen MR) is 58.4 cm³/mol. The zero-order valence-electron chi connectivity index (χ0n) is 7.78. The van der Waals surface area contributed by atoms with Crippen molar-refractivity contribution in [2.45, 2.75) is 13.0 Å². The molecule has 0 radical (unpaired) electrons. The Morgan fingerprint density at radius 2 is 2.29 bits per heavy atom. The lowest BCUT2D eigenvalue weighted by atomic mass is 10.3. The van der Waals surface area contributed by atoms with Crippen LogP contribution in [0.1, 0.15) is 6.42 Å². The van der Waals surface area contributed by atoms with Gasteiger partial charge in [0.2, 0.25) is 0 Å². The molecule has 0 saturated heterocycles. The minimum absolute atomic E-state index is 0.684. The first-order valence-corrected chi connectivity index (χ1v) is 5.01. The van der Waals surface area contributed by atoms with Gasteiger partial charge in [-0.15, -0.1) is 0 Å². The molecule has 74 valence electrons. The molecular weight excluding hydrogens is 198 g/mol. The topological polar surface area (TPSA) is 43.8 Å². The molecule has 0 aliphatic heterocycles. The van der Waals surface area contributed by atoms with Crippen molar-refractivity contribution in [3.8, 4) is 0 Å². The maximum atomic E-state index is 6.03. The van der Waals surface area contributed by atoms with Crippen LogP contribution in [-0.2, 0) is 6.54 Å². The molecule has 0 unspecified atom stereocenters. The van der Waals surface area contributed by atoms with Crippen LogP contribution in [0.2, 0.25) is 5.02 Å². The van der Waals surface area contributed by atoms with Gasteiger partial charge in [0.05, 0.1) is 10.5 Å². The van der Waals surface area contributed by atoms with Crippen LogP contribution in [-0.4, -0.2) is 16.3 Å². The van der Waals surface area contributed by atoms with E-state index in [0.29, 0.717) is 6.54 Å². The zero-order chi connectivity index (χ0) is 9.97. The first-order chi connectivity index (χ1) is 6.81. The SMILES string of the molecule is NCCCn1cc2c(Cl)cccc2n1. The Bertz CT molecular complexity index is 436. The highest BCUT2D eigenvalue weighted by Crippen LogP contribution is 2.21.